The lowest BCUT2D eigenvalue weighted by Gasteiger charge is -2.27. The van der Waals surface area contributed by atoms with Crippen LogP contribution in [0.5, 0.6) is 5.75 Å². The average Bonchev–Trinajstić information content (AvgIpc) is 3.23. The molecule has 1 aliphatic rings. The summed E-state index contributed by atoms with van der Waals surface area (Å²) in [7, 11) is 3.41. The molecule has 1 amide bonds. The highest BCUT2D eigenvalue weighted by atomic mass is 79.9. The quantitative estimate of drug-likeness (QED) is 0.826. The van der Waals surface area contributed by atoms with E-state index in [1.807, 2.05) is 30.3 Å². The highest BCUT2D eigenvalue weighted by Gasteiger charge is 2.32. The van der Waals surface area contributed by atoms with Gasteiger partial charge >= 0.3 is 0 Å². The van der Waals surface area contributed by atoms with Crippen molar-refractivity contribution >= 4 is 21.8 Å². The molecule has 7 heteroatoms. The molecule has 2 atom stereocenters. The topological polar surface area (TPSA) is 67.6 Å². The maximum atomic E-state index is 13.0. The predicted octanol–water partition coefficient (Wildman–Crippen LogP) is 2.92. The van der Waals surface area contributed by atoms with Crippen LogP contribution in [0.2, 0.25) is 0 Å². The Morgan fingerprint density at radius 2 is 2.32 bits per heavy atom. The number of benzene rings is 1. The van der Waals surface area contributed by atoms with Gasteiger partial charge in [-0.3, -0.25) is 9.48 Å². The number of aliphatic hydroxyl groups excluding tert-OH is 1. The Balaban J connectivity index is 1.76. The minimum atomic E-state index is -0.624. The third kappa shape index (κ3) is 3.88. The summed E-state index contributed by atoms with van der Waals surface area (Å²) in [6.45, 7) is 0.701. The zero-order chi connectivity index (χ0) is 18.0. The Morgan fingerprint density at radius 1 is 1.52 bits per heavy atom. The fourth-order valence-electron chi connectivity index (χ4n) is 3.30. The fraction of sp³-hybridized carbons (Fsp3) is 0.444. The van der Waals surface area contributed by atoms with Crippen molar-refractivity contribution in [2.45, 2.75) is 31.4 Å². The lowest BCUT2D eigenvalue weighted by Crippen LogP contribution is -2.36. The molecular weight excluding hydrogens is 386 g/mol. The molecule has 0 radical (unpaired) electrons. The van der Waals surface area contributed by atoms with Crippen LogP contribution in [0, 0.1) is 0 Å². The van der Waals surface area contributed by atoms with E-state index in [9.17, 15) is 9.90 Å². The number of methoxy groups -OCH3 is 1. The molecule has 1 fully saturated rings. The van der Waals surface area contributed by atoms with Gasteiger partial charge in [0.05, 0.1) is 25.0 Å². The van der Waals surface area contributed by atoms with E-state index in [0.29, 0.717) is 24.3 Å². The maximum absolute atomic E-state index is 13.0. The van der Waals surface area contributed by atoms with Crippen molar-refractivity contribution in [1.82, 2.24) is 14.7 Å². The van der Waals surface area contributed by atoms with Gasteiger partial charge in [0.15, 0.2) is 0 Å². The predicted molar refractivity (Wildman–Crippen MR) is 97.5 cm³/mol. The second kappa shape index (κ2) is 7.58. The van der Waals surface area contributed by atoms with Crippen LogP contribution in [0.4, 0.5) is 0 Å². The van der Waals surface area contributed by atoms with Crippen LogP contribution < -0.4 is 4.74 Å². The molecule has 2 aromatic rings. The number of likely N-dealkylation sites (tertiary alicyclic amines) is 1. The first-order valence-corrected chi connectivity index (χ1v) is 9.10. The van der Waals surface area contributed by atoms with Gasteiger partial charge in [0.2, 0.25) is 0 Å². The van der Waals surface area contributed by atoms with E-state index in [2.05, 4.69) is 21.0 Å². The Labute approximate surface area is 155 Å². The lowest BCUT2D eigenvalue weighted by atomic mass is 10.0. The summed E-state index contributed by atoms with van der Waals surface area (Å²) in [5.74, 6) is 0.615. The third-order valence-corrected chi connectivity index (χ3v) is 5.34. The van der Waals surface area contributed by atoms with Gasteiger partial charge in [0.1, 0.15) is 5.75 Å². The maximum Gasteiger partial charge on any atom is 0.255 e. The second-order valence-corrected chi connectivity index (χ2v) is 7.19. The molecule has 0 bridgehead atoms. The van der Waals surface area contributed by atoms with Gasteiger partial charge in [0.25, 0.3) is 5.91 Å². The number of nitrogens with zero attached hydrogens (tertiary/aromatic N) is 3. The number of aryl methyl sites for hydroxylation is 1. The molecule has 0 saturated carbocycles. The highest BCUT2D eigenvalue weighted by Crippen LogP contribution is 2.31. The van der Waals surface area contributed by atoms with Crippen molar-refractivity contribution in [1.29, 1.82) is 0 Å². The summed E-state index contributed by atoms with van der Waals surface area (Å²) in [6, 6.07) is 5.40. The van der Waals surface area contributed by atoms with Gasteiger partial charge in [0, 0.05) is 35.9 Å². The number of ether oxygens (including phenoxy) is 1. The molecule has 1 saturated heterocycles. The summed E-state index contributed by atoms with van der Waals surface area (Å²) < 4.78 is 7.65. The van der Waals surface area contributed by atoms with Crippen LogP contribution >= 0.6 is 15.9 Å². The summed E-state index contributed by atoms with van der Waals surface area (Å²) in [5, 5.41) is 14.6. The SMILES string of the molecule is COc1ccc(Br)c(C(=O)N2CCC[C@H]2C[C@@H](O)c2cnn(C)c2)c1. The van der Waals surface area contributed by atoms with Crippen molar-refractivity contribution in [3.05, 3.63) is 46.2 Å². The number of carbonyl (C=O) groups is 1. The van der Waals surface area contributed by atoms with E-state index < -0.39 is 6.10 Å². The molecule has 1 aromatic carbocycles. The van der Waals surface area contributed by atoms with Crippen molar-refractivity contribution in [3.63, 3.8) is 0 Å². The lowest BCUT2D eigenvalue weighted by molar-refractivity contribution is 0.0665. The summed E-state index contributed by atoms with van der Waals surface area (Å²) in [4.78, 5) is 14.9. The van der Waals surface area contributed by atoms with E-state index >= 15 is 0 Å². The van der Waals surface area contributed by atoms with Crippen LogP contribution in [0.15, 0.2) is 35.1 Å². The van der Waals surface area contributed by atoms with Crippen LogP contribution in [0.1, 0.15) is 41.3 Å². The number of halogens is 1. The minimum Gasteiger partial charge on any atom is -0.497 e. The largest absolute Gasteiger partial charge is 0.497 e. The van der Waals surface area contributed by atoms with E-state index in [-0.39, 0.29) is 11.9 Å². The van der Waals surface area contributed by atoms with Gasteiger partial charge in [-0.2, -0.15) is 5.10 Å². The summed E-state index contributed by atoms with van der Waals surface area (Å²) in [6.07, 6.45) is 5.21. The number of rotatable bonds is 5. The molecule has 0 aliphatic carbocycles. The zero-order valence-corrected chi connectivity index (χ0v) is 15.9. The zero-order valence-electron chi connectivity index (χ0n) is 14.4. The normalized spacial score (nSPS) is 18.4. The van der Waals surface area contributed by atoms with Crippen LogP contribution in [-0.4, -0.2) is 45.4 Å². The van der Waals surface area contributed by atoms with Gasteiger partial charge < -0.3 is 14.7 Å². The van der Waals surface area contributed by atoms with E-state index in [1.165, 1.54) is 0 Å². The summed E-state index contributed by atoms with van der Waals surface area (Å²) >= 11 is 3.45. The molecule has 1 aromatic heterocycles. The van der Waals surface area contributed by atoms with E-state index in [0.717, 1.165) is 22.9 Å². The Kier molecular flexibility index (Phi) is 5.44. The molecular formula is C18H22BrN3O3. The van der Waals surface area contributed by atoms with Crippen LogP contribution in [-0.2, 0) is 7.05 Å². The average molecular weight is 408 g/mol. The van der Waals surface area contributed by atoms with Crippen molar-refractivity contribution in [2.24, 2.45) is 7.05 Å². The van der Waals surface area contributed by atoms with E-state index in [4.69, 9.17) is 4.74 Å². The van der Waals surface area contributed by atoms with Gasteiger partial charge in [-0.05, 0) is 53.4 Å². The second-order valence-electron chi connectivity index (χ2n) is 6.34. The Hall–Kier alpha value is -1.86. The number of carbonyl (C=O) groups excluding carboxylic acids is 1. The molecule has 3 rings (SSSR count). The molecule has 6 nitrogen and oxygen atoms in total. The smallest absolute Gasteiger partial charge is 0.255 e. The first-order valence-electron chi connectivity index (χ1n) is 8.30. The van der Waals surface area contributed by atoms with Gasteiger partial charge in [-0.15, -0.1) is 0 Å². The van der Waals surface area contributed by atoms with Crippen molar-refractivity contribution in [2.75, 3.05) is 13.7 Å². The number of aliphatic hydroxyl groups is 1. The van der Waals surface area contributed by atoms with Crippen LogP contribution in [0.3, 0.4) is 0 Å². The fourth-order valence-corrected chi connectivity index (χ4v) is 3.72. The van der Waals surface area contributed by atoms with Gasteiger partial charge in [-0.25, -0.2) is 0 Å². The molecule has 134 valence electrons. The first kappa shape index (κ1) is 17.9. The monoisotopic (exact) mass is 407 g/mol. The molecule has 1 aliphatic heterocycles. The standard InChI is InChI=1S/C18H22BrN3O3/c1-21-11-12(10-20-21)17(23)8-13-4-3-7-22(13)18(24)15-9-14(25-2)5-6-16(15)19/h5-6,9-11,13,17,23H,3-4,7-8H2,1-2H3/t13-,17+/m0/s1. The minimum absolute atomic E-state index is 0.0146. The number of hydrogen-bond donors (Lipinski definition) is 1. The van der Waals surface area contributed by atoms with Crippen molar-refractivity contribution < 1.29 is 14.6 Å². The van der Waals surface area contributed by atoms with Crippen molar-refractivity contribution in [3.8, 4) is 5.75 Å². The number of aromatic nitrogens is 2. The first-order chi connectivity index (χ1) is 12.0. The molecule has 0 spiro atoms. The number of hydrogen-bond acceptors (Lipinski definition) is 4. The number of amides is 1. The molecule has 1 N–H and O–H groups in total. The Bertz CT molecular complexity index is 762. The van der Waals surface area contributed by atoms with Gasteiger partial charge in [-0.1, -0.05) is 0 Å². The Morgan fingerprint density at radius 3 is 3.00 bits per heavy atom. The third-order valence-electron chi connectivity index (χ3n) is 4.65. The van der Waals surface area contributed by atoms with Crippen LogP contribution in [0.25, 0.3) is 0 Å². The van der Waals surface area contributed by atoms with E-state index in [1.54, 1.807) is 24.1 Å². The molecule has 2 heterocycles. The molecule has 25 heavy (non-hydrogen) atoms. The summed E-state index contributed by atoms with van der Waals surface area (Å²) in [5.41, 5.74) is 1.37. The molecule has 0 unspecified atom stereocenters. The highest BCUT2D eigenvalue weighted by molar-refractivity contribution is 9.10.